The standard InChI is InChI=1S/C21H23NO5/c22-12-13-1-6-16(7-2-13)25-20(23)14-3-8-17(9-4-14)26-21(24)15-5-10-18-19(11-15)27-18/h1-2,6-7,14-15,17-19H,3-5,8-11H2. The molecule has 0 amide bonds. The third kappa shape index (κ3) is 4.30. The SMILES string of the molecule is N#Cc1ccc(OC(=O)C2CCC(OC(=O)C3CCC4OC4C3)CC2)cc1. The summed E-state index contributed by atoms with van der Waals surface area (Å²) in [7, 11) is 0. The zero-order chi connectivity index (χ0) is 18.8. The minimum absolute atomic E-state index is 0.0344. The average molecular weight is 369 g/mol. The first kappa shape index (κ1) is 18.0. The molecule has 0 bridgehead atoms. The van der Waals surface area contributed by atoms with E-state index in [4.69, 9.17) is 19.5 Å². The van der Waals surface area contributed by atoms with Gasteiger partial charge in [0.05, 0.1) is 35.7 Å². The summed E-state index contributed by atoms with van der Waals surface area (Å²) in [6.45, 7) is 0. The van der Waals surface area contributed by atoms with Gasteiger partial charge in [0, 0.05) is 0 Å². The molecule has 2 saturated carbocycles. The Morgan fingerprint density at radius 1 is 0.926 bits per heavy atom. The summed E-state index contributed by atoms with van der Waals surface area (Å²) in [6, 6.07) is 8.53. The summed E-state index contributed by atoms with van der Waals surface area (Å²) < 4.78 is 16.6. The Morgan fingerprint density at radius 3 is 2.30 bits per heavy atom. The normalized spacial score (nSPS) is 31.9. The van der Waals surface area contributed by atoms with E-state index < -0.39 is 0 Å². The Labute approximate surface area is 158 Å². The van der Waals surface area contributed by atoms with Gasteiger partial charge in [-0.1, -0.05) is 0 Å². The molecular formula is C21H23NO5. The van der Waals surface area contributed by atoms with E-state index in [-0.39, 0.29) is 36.0 Å². The summed E-state index contributed by atoms with van der Waals surface area (Å²) in [6.07, 6.45) is 5.84. The first-order valence-electron chi connectivity index (χ1n) is 9.70. The highest BCUT2D eigenvalue weighted by Gasteiger charge is 2.46. The number of ether oxygens (including phenoxy) is 3. The highest BCUT2D eigenvalue weighted by molar-refractivity contribution is 5.75. The molecule has 6 nitrogen and oxygen atoms in total. The number of fused-ring (bicyclic) bond motifs is 1. The van der Waals surface area contributed by atoms with Crippen LogP contribution < -0.4 is 4.74 Å². The summed E-state index contributed by atoms with van der Waals surface area (Å²) >= 11 is 0. The van der Waals surface area contributed by atoms with Crippen LogP contribution in [0.4, 0.5) is 0 Å². The smallest absolute Gasteiger partial charge is 0.314 e. The highest BCUT2D eigenvalue weighted by Crippen LogP contribution is 2.40. The van der Waals surface area contributed by atoms with Crippen molar-refractivity contribution in [2.24, 2.45) is 11.8 Å². The van der Waals surface area contributed by atoms with Crippen LogP contribution in [-0.4, -0.2) is 30.3 Å². The summed E-state index contributed by atoms with van der Waals surface area (Å²) in [5.41, 5.74) is 0.527. The van der Waals surface area contributed by atoms with Gasteiger partial charge in [-0.15, -0.1) is 0 Å². The van der Waals surface area contributed by atoms with Crippen molar-refractivity contribution in [3.05, 3.63) is 29.8 Å². The molecule has 142 valence electrons. The van der Waals surface area contributed by atoms with Crippen LogP contribution >= 0.6 is 0 Å². The van der Waals surface area contributed by atoms with Crippen molar-refractivity contribution >= 4 is 11.9 Å². The van der Waals surface area contributed by atoms with Crippen molar-refractivity contribution in [3.63, 3.8) is 0 Å². The minimum atomic E-state index is -0.256. The lowest BCUT2D eigenvalue weighted by atomic mass is 9.86. The minimum Gasteiger partial charge on any atom is -0.462 e. The van der Waals surface area contributed by atoms with Crippen LogP contribution in [0.2, 0.25) is 0 Å². The molecule has 3 unspecified atom stereocenters. The maximum atomic E-state index is 12.3. The first-order valence-corrected chi connectivity index (χ1v) is 9.70. The first-order chi connectivity index (χ1) is 13.1. The molecule has 4 rings (SSSR count). The predicted molar refractivity (Wildman–Crippen MR) is 94.6 cm³/mol. The molecule has 1 saturated heterocycles. The second-order valence-electron chi connectivity index (χ2n) is 7.69. The van der Waals surface area contributed by atoms with E-state index >= 15 is 0 Å². The van der Waals surface area contributed by atoms with E-state index in [1.54, 1.807) is 24.3 Å². The molecule has 0 spiro atoms. The molecule has 3 atom stereocenters. The number of benzene rings is 1. The van der Waals surface area contributed by atoms with Gasteiger partial charge in [-0.05, 0) is 69.2 Å². The van der Waals surface area contributed by atoms with E-state index in [9.17, 15) is 9.59 Å². The quantitative estimate of drug-likeness (QED) is 0.460. The molecule has 1 heterocycles. The lowest BCUT2D eigenvalue weighted by Crippen LogP contribution is -2.32. The third-order valence-electron chi connectivity index (χ3n) is 5.83. The maximum Gasteiger partial charge on any atom is 0.314 e. The van der Waals surface area contributed by atoms with Crippen molar-refractivity contribution in [2.75, 3.05) is 0 Å². The molecular weight excluding hydrogens is 346 g/mol. The largest absolute Gasteiger partial charge is 0.462 e. The Morgan fingerprint density at radius 2 is 1.63 bits per heavy atom. The fraction of sp³-hybridized carbons (Fsp3) is 0.571. The molecule has 3 aliphatic rings. The molecule has 27 heavy (non-hydrogen) atoms. The average Bonchev–Trinajstić information content (AvgIpc) is 3.48. The van der Waals surface area contributed by atoms with Crippen LogP contribution in [0.15, 0.2) is 24.3 Å². The van der Waals surface area contributed by atoms with Crippen molar-refractivity contribution in [2.45, 2.75) is 63.3 Å². The maximum absolute atomic E-state index is 12.3. The van der Waals surface area contributed by atoms with Gasteiger partial charge in [0.1, 0.15) is 11.9 Å². The molecule has 0 N–H and O–H groups in total. The van der Waals surface area contributed by atoms with Crippen LogP contribution in [0, 0.1) is 23.2 Å². The van der Waals surface area contributed by atoms with Crippen molar-refractivity contribution in [1.29, 1.82) is 5.26 Å². The van der Waals surface area contributed by atoms with Crippen LogP contribution in [0.1, 0.15) is 50.5 Å². The lowest BCUT2D eigenvalue weighted by Gasteiger charge is -2.28. The number of carbonyl (C=O) groups is 2. The van der Waals surface area contributed by atoms with Crippen molar-refractivity contribution in [1.82, 2.24) is 0 Å². The fourth-order valence-electron chi connectivity index (χ4n) is 4.09. The zero-order valence-electron chi connectivity index (χ0n) is 15.1. The molecule has 1 aliphatic heterocycles. The molecule has 3 fully saturated rings. The lowest BCUT2D eigenvalue weighted by molar-refractivity contribution is -0.157. The number of epoxide rings is 1. The zero-order valence-corrected chi connectivity index (χ0v) is 15.1. The van der Waals surface area contributed by atoms with Gasteiger partial charge in [-0.25, -0.2) is 0 Å². The Hall–Kier alpha value is -2.39. The molecule has 2 aliphatic carbocycles. The Kier molecular flexibility index (Phi) is 5.13. The molecule has 6 heteroatoms. The van der Waals surface area contributed by atoms with E-state index in [0.29, 0.717) is 43.1 Å². The number of hydrogen-bond acceptors (Lipinski definition) is 6. The monoisotopic (exact) mass is 369 g/mol. The van der Waals surface area contributed by atoms with Gasteiger partial charge >= 0.3 is 11.9 Å². The van der Waals surface area contributed by atoms with Gasteiger partial charge in [0.2, 0.25) is 0 Å². The number of carbonyl (C=O) groups excluding carboxylic acids is 2. The van der Waals surface area contributed by atoms with Gasteiger partial charge in [-0.3, -0.25) is 9.59 Å². The van der Waals surface area contributed by atoms with Crippen LogP contribution in [0.5, 0.6) is 5.75 Å². The Balaban J connectivity index is 1.21. The molecule has 1 aromatic rings. The molecule has 1 aromatic carbocycles. The van der Waals surface area contributed by atoms with E-state index in [0.717, 1.165) is 19.3 Å². The van der Waals surface area contributed by atoms with E-state index in [2.05, 4.69) is 0 Å². The number of nitrogens with zero attached hydrogens (tertiary/aromatic N) is 1. The van der Waals surface area contributed by atoms with Crippen molar-refractivity contribution in [3.8, 4) is 11.8 Å². The number of rotatable bonds is 4. The topological polar surface area (TPSA) is 88.9 Å². The number of nitriles is 1. The second kappa shape index (κ2) is 7.69. The second-order valence-corrected chi connectivity index (χ2v) is 7.69. The van der Waals surface area contributed by atoms with Gasteiger partial charge in [0.25, 0.3) is 0 Å². The molecule has 0 aromatic heterocycles. The summed E-state index contributed by atoms with van der Waals surface area (Å²) in [5, 5.41) is 8.80. The van der Waals surface area contributed by atoms with Gasteiger partial charge in [0.15, 0.2) is 0 Å². The number of hydrogen-bond donors (Lipinski definition) is 0. The van der Waals surface area contributed by atoms with Crippen LogP contribution in [0.3, 0.4) is 0 Å². The predicted octanol–water partition coefficient (Wildman–Crippen LogP) is 3.13. The van der Waals surface area contributed by atoms with Gasteiger partial charge in [-0.2, -0.15) is 5.26 Å². The van der Waals surface area contributed by atoms with Crippen LogP contribution in [0.25, 0.3) is 0 Å². The third-order valence-corrected chi connectivity index (χ3v) is 5.83. The Bertz CT molecular complexity index is 745. The summed E-state index contributed by atoms with van der Waals surface area (Å²) in [4.78, 5) is 24.7. The summed E-state index contributed by atoms with van der Waals surface area (Å²) in [5.74, 6) is -0.120. The van der Waals surface area contributed by atoms with Crippen LogP contribution in [-0.2, 0) is 19.1 Å². The van der Waals surface area contributed by atoms with E-state index in [1.165, 1.54) is 0 Å². The van der Waals surface area contributed by atoms with E-state index in [1.807, 2.05) is 6.07 Å². The van der Waals surface area contributed by atoms with Crippen molar-refractivity contribution < 1.29 is 23.8 Å². The van der Waals surface area contributed by atoms with Gasteiger partial charge < -0.3 is 14.2 Å². The highest BCUT2D eigenvalue weighted by atomic mass is 16.6. The fourth-order valence-corrected chi connectivity index (χ4v) is 4.09. The number of esters is 2. The molecule has 0 radical (unpaired) electrons.